The van der Waals surface area contributed by atoms with Gasteiger partial charge in [0, 0.05) is 12.8 Å². The van der Waals surface area contributed by atoms with Gasteiger partial charge < -0.3 is 0 Å². The molecule has 0 spiro atoms. The largest absolute Gasteiger partial charge is 0.296 e. The van der Waals surface area contributed by atoms with E-state index in [1.807, 2.05) is 121 Å². The highest BCUT2D eigenvalue weighted by atomic mass is 17.2. The zero-order valence-electron chi connectivity index (χ0n) is 18.7. The second kappa shape index (κ2) is 11.8. The average Bonchev–Trinajstić information content (AvgIpc) is 2.89. The molecule has 4 heteroatoms. The van der Waals surface area contributed by atoms with Crippen LogP contribution in [-0.4, -0.2) is 11.6 Å². The minimum absolute atomic E-state index is 0.153. The van der Waals surface area contributed by atoms with E-state index in [1.54, 1.807) is 0 Å². The zero-order chi connectivity index (χ0) is 23.6. The predicted molar refractivity (Wildman–Crippen MR) is 131 cm³/mol. The third-order valence-corrected chi connectivity index (χ3v) is 5.48. The fraction of sp³-hybridized carbons (Fsp3) is 0.133. The highest BCUT2D eigenvalue weighted by Gasteiger charge is 2.28. The van der Waals surface area contributed by atoms with Crippen LogP contribution in [0.2, 0.25) is 0 Å². The Morgan fingerprint density at radius 2 is 0.765 bits per heavy atom. The van der Waals surface area contributed by atoms with E-state index in [0.29, 0.717) is 11.1 Å². The SMILES string of the molecule is O=C(Cc1ccccc1)C(OOC(C(=O)Cc1ccccc1)c1ccccc1)c1ccccc1. The van der Waals surface area contributed by atoms with E-state index in [1.165, 1.54) is 0 Å². The van der Waals surface area contributed by atoms with Crippen LogP contribution < -0.4 is 0 Å². The van der Waals surface area contributed by atoms with E-state index in [2.05, 4.69) is 0 Å². The van der Waals surface area contributed by atoms with Gasteiger partial charge >= 0.3 is 0 Å². The second-order valence-corrected chi connectivity index (χ2v) is 8.03. The van der Waals surface area contributed by atoms with Crippen molar-refractivity contribution in [2.75, 3.05) is 0 Å². The van der Waals surface area contributed by atoms with Crippen molar-refractivity contribution in [2.24, 2.45) is 0 Å². The third-order valence-electron chi connectivity index (χ3n) is 5.48. The van der Waals surface area contributed by atoms with Gasteiger partial charge in [-0.05, 0) is 22.3 Å². The Bertz CT molecular complexity index is 1080. The second-order valence-electron chi connectivity index (χ2n) is 8.03. The number of Topliss-reactive ketones (excluding diaryl/α,β-unsaturated/α-hetero) is 2. The van der Waals surface area contributed by atoms with Crippen molar-refractivity contribution in [3.63, 3.8) is 0 Å². The van der Waals surface area contributed by atoms with E-state index in [-0.39, 0.29) is 24.4 Å². The molecule has 4 rings (SSSR count). The van der Waals surface area contributed by atoms with Gasteiger partial charge in [0.1, 0.15) is 0 Å². The van der Waals surface area contributed by atoms with Crippen LogP contribution in [0.4, 0.5) is 0 Å². The highest BCUT2D eigenvalue weighted by Crippen LogP contribution is 2.27. The number of carbonyl (C=O) groups is 2. The van der Waals surface area contributed by atoms with E-state index >= 15 is 0 Å². The standard InChI is InChI=1S/C30H26O4/c31-27(21-23-13-5-1-6-14-23)29(25-17-9-3-10-18-25)33-34-30(26-19-11-4-12-20-26)28(32)22-24-15-7-2-8-16-24/h1-20,29-30H,21-22H2. The molecule has 0 amide bonds. The van der Waals surface area contributed by atoms with Crippen LogP contribution in [-0.2, 0) is 32.2 Å². The van der Waals surface area contributed by atoms with Crippen LogP contribution in [0, 0.1) is 0 Å². The Balaban J connectivity index is 1.55. The third kappa shape index (κ3) is 6.35. The molecule has 0 bridgehead atoms. The molecule has 4 nitrogen and oxygen atoms in total. The Hall–Kier alpha value is -3.86. The van der Waals surface area contributed by atoms with Crippen molar-refractivity contribution in [3.8, 4) is 0 Å². The fourth-order valence-electron chi connectivity index (χ4n) is 3.74. The molecule has 0 aliphatic heterocycles. The summed E-state index contributed by atoms with van der Waals surface area (Å²) < 4.78 is 0. The summed E-state index contributed by atoms with van der Waals surface area (Å²) in [7, 11) is 0. The summed E-state index contributed by atoms with van der Waals surface area (Å²) in [6.45, 7) is 0. The van der Waals surface area contributed by atoms with Gasteiger partial charge in [0.05, 0.1) is 0 Å². The summed E-state index contributed by atoms with van der Waals surface area (Å²) in [5, 5.41) is 0. The predicted octanol–water partition coefficient (Wildman–Crippen LogP) is 6.04. The van der Waals surface area contributed by atoms with Crippen LogP contribution in [0.3, 0.4) is 0 Å². The molecule has 0 saturated carbocycles. The topological polar surface area (TPSA) is 52.6 Å². The maximum Gasteiger partial charge on any atom is 0.176 e. The van der Waals surface area contributed by atoms with Gasteiger partial charge in [0.15, 0.2) is 23.8 Å². The van der Waals surface area contributed by atoms with Crippen LogP contribution in [0.15, 0.2) is 121 Å². The number of ketones is 2. The quantitative estimate of drug-likeness (QED) is 0.206. The van der Waals surface area contributed by atoms with E-state index < -0.39 is 12.2 Å². The van der Waals surface area contributed by atoms with Crippen LogP contribution >= 0.6 is 0 Å². The van der Waals surface area contributed by atoms with Gasteiger partial charge in [-0.25, -0.2) is 9.78 Å². The first-order valence-electron chi connectivity index (χ1n) is 11.3. The van der Waals surface area contributed by atoms with Gasteiger partial charge in [-0.15, -0.1) is 0 Å². The molecule has 2 unspecified atom stereocenters. The molecule has 0 N–H and O–H groups in total. The average molecular weight is 451 g/mol. The molecule has 0 saturated heterocycles. The molecular formula is C30H26O4. The maximum absolute atomic E-state index is 13.2. The number of rotatable bonds is 11. The van der Waals surface area contributed by atoms with Crippen molar-refractivity contribution < 1.29 is 19.4 Å². The first kappa shape index (κ1) is 23.3. The molecule has 2 atom stereocenters. The molecule has 0 aliphatic carbocycles. The van der Waals surface area contributed by atoms with Crippen molar-refractivity contribution in [2.45, 2.75) is 25.0 Å². The molecule has 0 heterocycles. The van der Waals surface area contributed by atoms with Gasteiger partial charge in [-0.1, -0.05) is 121 Å². The number of carbonyl (C=O) groups excluding carboxylic acids is 2. The van der Waals surface area contributed by atoms with Crippen LogP contribution in [0.1, 0.15) is 34.5 Å². The molecule has 0 radical (unpaired) electrons. The summed E-state index contributed by atoms with van der Waals surface area (Å²) in [6.07, 6.45) is -1.54. The minimum Gasteiger partial charge on any atom is -0.296 e. The van der Waals surface area contributed by atoms with Gasteiger partial charge in [0.25, 0.3) is 0 Å². The Morgan fingerprint density at radius 3 is 1.09 bits per heavy atom. The lowest BCUT2D eigenvalue weighted by molar-refractivity contribution is -0.340. The van der Waals surface area contributed by atoms with E-state index in [9.17, 15) is 9.59 Å². The Labute approximate surface area is 199 Å². The van der Waals surface area contributed by atoms with Gasteiger partial charge in [-0.2, -0.15) is 0 Å². The molecule has 0 aliphatic rings. The summed E-state index contributed by atoms with van der Waals surface area (Å²) in [5.74, 6) is -0.306. The van der Waals surface area contributed by atoms with Crippen molar-refractivity contribution >= 4 is 11.6 Å². The molecule has 34 heavy (non-hydrogen) atoms. The van der Waals surface area contributed by atoms with E-state index in [0.717, 1.165) is 11.1 Å². The van der Waals surface area contributed by atoms with Crippen molar-refractivity contribution in [3.05, 3.63) is 144 Å². The first-order chi connectivity index (χ1) is 16.7. The van der Waals surface area contributed by atoms with Crippen molar-refractivity contribution in [1.82, 2.24) is 0 Å². The molecule has 170 valence electrons. The van der Waals surface area contributed by atoms with Crippen LogP contribution in [0.25, 0.3) is 0 Å². The maximum atomic E-state index is 13.2. The first-order valence-corrected chi connectivity index (χ1v) is 11.3. The molecule has 0 fully saturated rings. The number of hydrogen-bond donors (Lipinski definition) is 0. The Kier molecular flexibility index (Phi) is 8.12. The van der Waals surface area contributed by atoms with Crippen molar-refractivity contribution in [1.29, 1.82) is 0 Å². The monoisotopic (exact) mass is 450 g/mol. The van der Waals surface area contributed by atoms with Gasteiger partial charge in [-0.3, -0.25) is 9.59 Å². The summed E-state index contributed by atoms with van der Waals surface area (Å²) >= 11 is 0. The van der Waals surface area contributed by atoms with E-state index in [4.69, 9.17) is 9.78 Å². The van der Waals surface area contributed by atoms with Gasteiger partial charge in [0.2, 0.25) is 0 Å². The molecule has 4 aromatic rings. The molecular weight excluding hydrogens is 424 g/mol. The lowest BCUT2D eigenvalue weighted by Gasteiger charge is -2.21. The number of hydrogen-bond acceptors (Lipinski definition) is 4. The summed E-state index contributed by atoms with van der Waals surface area (Å²) in [5.41, 5.74) is 3.12. The summed E-state index contributed by atoms with van der Waals surface area (Å²) in [6, 6.07) is 37.4. The number of benzene rings is 4. The molecule has 0 aromatic heterocycles. The Morgan fingerprint density at radius 1 is 0.471 bits per heavy atom. The van der Waals surface area contributed by atoms with Crippen LogP contribution in [0.5, 0.6) is 0 Å². The zero-order valence-corrected chi connectivity index (χ0v) is 18.7. The minimum atomic E-state index is -0.961. The fourth-order valence-corrected chi connectivity index (χ4v) is 3.74. The molecule has 4 aromatic carbocycles. The summed E-state index contributed by atoms with van der Waals surface area (Å²) in [4.78, 5) is 38.0. The lowest BCUT2D eigenvalue weighted by atomic mass is 9.99. The lowest BCUT2D eigenvalue weighted by Crippen LogP contribution is -2.23. The smallest absolute Gasteiger partial charge is 0.176 e. The highest BCUT2D eigenvalue weighted by molar-refractivity contribution is 5.87. The normalized spacial score (nSPS) is 12.6.